The van der Waals surface area contributed by atoms with Crippen molar-refractivity contribution < 1.29 is 9.59 Å². The Labute approximate surface area is 357 Å². The molecule has 3 N–H and O–H groups in total. The van der Waals surface area contributed by atoms with Crippen LogP contribution in [0.3, 0.4) is 0 Å². The first-order valence-corrected chi connectivity index (χ1v) is 21.8. The number of hydrogen-bond donors (Lipinski definition) is 3. The normalized spacial score (nSPS) is 19.3. The molecule has 0 saturated carbocycles. The number of H-pyrrole nitrogens is 2. The number of carbonyl (C=O) groups excluding carboxylic acids is 2. The summed E-state index contributed by atoms with van der Waals surface area (Å²) < 4.78 is 0. The molecular formula is C47H58N12O2. The summed E-state index contributed by atoms with van der Waals surface area (Å²) in [5, 5.41) is 5.95. The van der Waals surface area contributed by atoms with Crippen LogP contribution in [0, 0.1) is 27.7 Å². The molecule has 0 bridgehead atoms. The maximum atomic E-state index is 13.8. The third-order valence-electron chi connectivity index (χ3n) is 13.4. The van der Waals surface area contributed by atoms with E-state index in [-0.39, 0.29) is 11.8 Å². The van der Waals surface area contributed by atoms with E-state index in [1.807, 2.05) is 75.3 Å². The van der Waals surface area contributed by atoms with Gasteiger partial charge in [0.05, 0.1) is 0 Å². The van der Waals surface area contributed by atoms with Gasteiger partial charge >= 0.3 is 0 Å². The number of nitrogens with zero attached hydrogens (tertiary/aromatic N) is 9. The summed E-state index contributed by atoms with van der Waals surface area (Å²) >= 11 is 0. The van der Waals surface area contributed by atoms with Gasteiger partial charge in [-0.2, -0.15) is 0 Å². The summed E-state index contributed by atoms with van der Waals surface area (Å²) in [4.78, 5) is 63.2. The Balaban J connectivity index is 0.000000156. The van der Waals surface area contributed by atoms with Crippen molar-refractivity contribution in [1.82, 2.24) is 49.9 Å². The molecule has 2 amide bonds. The second kappa shape index (κ2) is 16.5. The highest BCUT2D eigenvalue weighted by Gasteiger charge is 2.50. The highest BCUT2D eigenvalue weighted by molar-refractivity contribution is 5.90. The SMILES string of the molecule is Cc1cc(C)nc(N2CCC3(CC2)C(=O)N(Cc2c[nH]c4ccccc24)CCN3C)n1.Cc1cc(C)nc(N2CCC3(CC2)NCCN(Cc2c[nH]c4ccccc24)C3=O)n1. The second-order valence-corrected chi connectivity index (χ2v) is 17.5. The second-order valence-electron chi connectivity index (χ2n) is 17.5. The van der Waals surface area contributed by atoms with Crippen LogP contribution in [-0.4, -0.2) is 127 Å². The number of benzene rings is 2. The number of anilines is 2. The maximum absolute atomic E-state index is 13.8. The molecule has 10 rings (SSSR count). The van der Waals surface area contributed by atoms with Crippen molar-refractivity contribution in [3.63, 3.8) is 0 Å². The van der Waals surface area contributed by atoms with Crippen LogP contribution in [0.25, 0.3) is 21.8 Å². The number of likely N-dealkylation sites (N-methyl/N-ethyl adjacent to an activating group) is 1. The van der Waals surface area contributed by atoms with Crippen LogP contribution in [0.5, 0.6) is 0 Å². The Morgan fingerprint density at radius 1 is 0.574 bits per heavy atom. The number of aromatic nitrogens is 6. The lowest BCUT2D eigenvalue weighted by Gasteiger charge is -2.51. The highest BCUT2D eigenvalue weighted by atomic mass is 16.2. The molecule has 6 aromatic rings. The standard InChI is InChI=1S/C24H30N6O.C23H28N6O/c1-17-14-18(2)27-23(26-17)29-10-8-24(9-11-29)22(31)30(13-12-28(24)3)16-19-15-25-21-7-5-4-6-20(19)21;1-16-13-17(2)27-22(26-16)28-10-7-23(8-11-28)21(30)29(12-9-25-23)15-18-14-24-20-6-4-3-5-19(18)20/h4-7,14-15,25H,8-13,16H2,1-3H3;3-6,13-14,24-25H,7-12,15H2,1-2H3. The van der Waals surface area contributed by atoms with Crippen LogP contribution in [0.2, 0.25) is 0 Å². The minimum atomic E-state index is -0.472. The maximum Gasteiger partial charge on any atom is 0.243 e. The zero-order valence-corrected chi connectivity index (χ0v) is 36.2. The fourth-order valence-electron chi connectivity index (χ4n) is 10.0. The fraction of sp³-hybridized carbons (Fsp3) is 0.447. The average Bonchev–Trinajstić information content (AvgIpc) is 3.87. The van der Waals surface area contributed by atoms with Crippen LogP contribution in [-0.2, 0) is 22.7 Å². The number of para-hydroxylation sites is 2. The van der Waals surface area contributed by atoms with Crippen molar-refractivity contribution in [3.05, 3.63) is 107 Å². The summed E-state index contributed by atoms with van der Waals surface area (Å²) in [6, 6.07) is 20.5. The number of aromatic amines is 2. The van der Waals surface area contributed by atoms with Crippen LogP contribution in [0.15, 0.2) is 73.1 Å². The van der Waals surface area contributed by atoms with E-state index in [1.54, 1.807) is 0 Å². The number of aryl methyl sites for hydroxylation is 4. The lowest BCUT2D eigenvalue weighted by molar-refractivity contribution is -0.152. The van der Waals surface area contributed by atoms with E-state index in [4.69, 9.17) is 0 Å². The number of rotatable bonds is 6. The number of piperidine rings is 2. The van der Waals surface area contributed by atoms with Gasteiger partial charge in [0, 0.05) is 122 Å². The van der Waals surface area contributed by atoms with Gasteiger partial charge < -0.3 is 34.9 Å². The molecule has 4 aromatic heterocycles. The molecule has 0 aliphatic carbocycles. The molecule has 4 saturated heterocycles. The predicted octanol–water partition coefficient (Wildman–Crippen LogP) is 5.43. The van der Waals surface area contributed by atoms with Crippen molar-refractivity contribution in [2.24, 2.45) is 0 Å². The first-order chi connectivity index (χ1) is 29.5. The van der Waals surface area contributed by atoms with Crippen LogP contribution in [0.1, 0.15) is 59.6 Å². The zero-order valence-electron chi connectivity index (χ0n) is 36.2. The highest BCUT2D eigenvalue weighted by Crippen LogP contribution is 2.35. The molecule has 8 heterocycles. The Kier molecular flexibility index (Phi) is 11.0. The number of amides is 2. The number of hydrogen-bond acceptors (Lipinski definition) is 10. The van der Waals surface area contributed by atoms with Crippen molar-refractivity contribution >= 4 is 45.5 Å². The van der Waals surface area contributed by atoms with Gasteiger partial charge in [0.15, 0.2) is 0 Å². The summed E-state index contributed by atoms with van der Waals surface area (Å²) in [5.74, 6) is 2.04. The molecule has 2 aromatic carbocycles. The molecular weight excluding hydrogens is 765 g/mol. The Morgan fingerprint density at radius 2 is 1.03 bits per heavy atom. The van der Waals surface area contributed by atoms with E-state index in [1.165, 1.54) is 21.9 Å². The fourth-order valence-corrected chi connectivity index (χ4v) is 10.0. The van der Waals surface area contributed by atoms with Gasteiger partial charge in [-0.15, -0.1) is 0 Å². The van der Waals surface area contributed by atoms with Crippen molar-refractivity contribution in [2.45, 2.75) is 77.5 Å². The van der Waals surface area contributed by atoms with Gasteiger partial charge in [-0.25, -0.2) is 19.9 Å². The molecule has 14 heteroatoms. The smallest absolute Gasteiger partial charge is 0.243 e. The van der Waals surface area contributed by atoms with Crippen LogP contribution < -0.4 is 15.1 Å². The van der Waals surface area contributed by atoms with Crippen molar-refractivity contribution in [1.29, 1.82) is 0 Å². The Hall–Kier alpha value is -5.86. The van der Waals surface area contributed by atoms with Crippen LogP contribution >= 0.6 is 0 Å². The van der Waals surface area contributed by atoms with Gasteiger partial charge in [-0.3, -0.25) is 14.5 Å². The Morgan fingerprint density at radius 3 is 1.54 bits per heavy atom. The lowest BCUT2D eigenvalue weighted by Crippen LogP contribution is -2.67. The largest absolute Gasteiger partial charge is 0.361 e. The topological polar surface area (TPSA) is 146 Å². The number of fused-ring (bicyclic) bond motifs is 2. The molecule has 4 aliphatic heterocycles. The average molecular weight is 823 g/mol. The van der Waals surface area contributed by atoms with E-state index >= 15 is 0 Å². The number of carbonyl (C=O) groups is 2. The predicted molar refractivity (Wildman–Crippen MR) is 239 cm³/mol. The van der Waals surface area contributed by atoms with Gasteiger partial charge in [0.1, 0.15) is 11.1 Å². The molecule has 4 aliphatic rings. The molecule has 14 nitrogen and oxygen atoms in total. The van der Waals surface area contributed by atoms with E-state index in [0.29, 0.717) is 13.1 Å². The Bertz CT molecular complexity index is 2510. The first-order valence-electron chi connectivity index (χ1n) is 21.8. The van der Waals surface area contributed by atoms with Crippen molar-refractivity contribution in [2.75, 3.05) is 69.2 Å². The van der Waals surface area contributed by atoms with Crippen LogP contribution in [0.4, 0.5) is 11.9 Å². The van der Waals surface area contributed by atoms with E-state index < -0.39 is 11.1 Å². The number of piperazine rings is 2. The molecule has 4 fully saturated rings. The molecule has 61 heavy (non-hydrogen) atoms. The van der Waals surface area contributed by atoms with Gasteiger partial charge in [-0.05, 0) is 95.8 Å². The molecule has 0 atom stereocenters. The molecule has 2 spiro atoms. The van der Waals surface area contributed by atoms with Gasteiger partial charge in [-0.1, -0.05) is 36.4 Å². The van der Waals surface area contributed by atoms with E-state index in [9.17, 15) is 9.59 Å². The number of nitrogens with one attached hydrogen (secondary N) is 3. The minimum absolute atomic E-state index is 0.222. The zero-order chi connectivity index (χ0) is 42.3. The summed E-state index contributed by atoms with van der Waals surface area (Å²) in [5.41, 5.74) is 7.63. The van der Waals surface area contributed by atoms with E-state index in [2.05, 4.69) is 92.2 Å². The monoisotopic (exact) mass is 822 g/mol. The third kappa shape index (κ3) is 7.94. The lowest BCUT2D eigenvalue weighted by atomic mass is 9.82. The summed E-state index contributed by atoms with van der Waals surface area (Å²) in [7, 11) is 2.10. The third-order valence-corrected chi connectivity index (χ3v) is 13.4. The molecule has 0 unspecified atom stereocenters. The summed E-state index contributed by atoms with van der Waals surface area (Å²) in [6.07, 6.45) is 7.21. The van der Waals surface area contributed by atoms with E-state index in [0.717, 1.165) is 124 Å². The first kappa shape index (κ1) is 40.5. The van der Waals surface area contributed by atoms with Gasteiger partial charge in [0.25, 0.3) is 0 Å². The van der Waals surface area contributed by atoms with Crippen molar-refractivity contribution in [3.8, 4) is 0 Å². The minimum Gasteiger partial charge on any atom is -0.361 e. The quantitative estimate of drug-likeness (QED) is 0.199. The van der Waals surface area contributed by atoms with Gasteiger partial charge in [0.2, 0.25) is 23.7 Å². The molecule has 0 radical (unpaired) electrons. The molecule has 318 valence electrons. The summed E-state index contributed by atoms with van der Waals surface area (Å²) in [6.45, 7) is 15.7.